The molecule has 3 nitrogen and oxygen atoms in total. The van der Waals surface area contributed by atoms with Crippen molar-refractivity contribution in [1.82, 2.24) is 9.88 Å². The van der Waals surface area contributed by atoms with Gasteiger partial charge in [-0.25, -0.2) is 4.39 Å². The van der Waals surface area contributed by atoms with Crippen LogP contribution < -0.4 is 5.32 Å². The number of halogens is 1. The molecule has 1 fully saturated rings. The molecule has 3 atom stereocenters. The molecule has 1 aromatic heterocycles. The maximum Gasteiger partial charge on any atom is 0.162 e. The van der Waals surface area contributed by atoms with Crippen LogP contribution in [0.5, 0.6) is 0 Å². The average molecular weight is 378 g/mol. The van der Waals surface area contributed by atoms with Crippen LogP contribution in [0.1, 0.15) is 60.4 Å². The summed E-state index contributed by atoms with van der Waals surface area (Å²) in [4.78, 5) is 12.3. The van der Waals surface area contributed by atoms with Gasteiger partial charge in [-0.3, -0.25) is 4.79 Å². The van der Waals surface area contributed by atoms with Gasteiger partial charge >= 0.3 is 0 Å². The Morgan fingerprint density at radius 1 is 1.18 bits per heavy atom. The summed E-state index contributed by atoms with van der Waals surface area (Å²) in [6, 6.07) is 15.5. The Hall–Kier alpha value is -2.46. The number of ketones is 1. The lowest BCUT2D eigenvalue weighted by atomic mass is 9.84. The summed E-state index contributed by atoms with van der Waals surface area (Å²) in [6.45, 7) is 6.92. The summed E-state index contributed by atoms with van der Waals surface area (Å²) in [5.41, 5.74) is 4.16. The summed E-state index contributed by atoms with van der Waals surface area (Å²) in [6.07, 6.45) is 2.08. The molecule has 146 valence electrons. The zero-order valence-electron chi connectivity index (χ0n) is 16.7. The number of carbonyl (C=O) groups is 1. The predicted molar refractivity (Wildman–Crippen MR) is 111 cm³/mol. The summed E-state index contributed by atoms with van der Waals surface area (Å²) in [5.74, 6) is 0.399. The molecule has 0 spiro atoms. The Morgan fingerprint density at radius 3 is 2.61 bits per heavy atom. The number of aromatic nitrogens is 1. The molecule has 2 heterocycles. The van der Waals surface area contributed by atoms with Crippen LogP contribution in [0.4, 0.5) is 4.39 Å². The standard InChI is InChI=1S/C24H27FN2O/c1-15(19-12-13-26-22(14-19)18-8-10-20(25)11-9-18)27-16(2)24(17(3)28)21-6-4-5-7-23(21)27/h4-11,15,19,22,26H,12-14H2,1-3H3. The highest BCUT2D eigenvalue weighted by Gasteiger charge is 2.30. The number of nitrogens with one attached hydrogen (secondary N) is 1. The van der Waals surface area contributed by atoms with Crippen LogP contribution in [0, 0.1) is 18.7 Å². The second-order valence-electron chi connectivity index (χ2n) is 7.99. The first-order valence-electron chi connectivity index (χ1n) is 10.1. The molecule has 1 N–H and O–H groups in total. The molecule has 3 aromatic rings. The smallest absolute Gasteiger partial charge is 0.162 e. The number of para-hydroxylation sites is 1. The molecule has 1 saturated heterocycles. The van der Waals surface area contributed by atoms with Crippen LogP contribution >= 0.6 is 0 Å². The lowest BCUT2D eigenvalue weighted by molar-refractivity contribution is 0.101. The first-order chi connectivity index (χ1) is 13.5. The van der Waals surface area contributed by atoms with Gasteiger partial charge < -0.3 is 9.88 Å². The van der Waals surface area contributed by atoms with E-state index in [1.54, 1.807) is 6.92 Å². The molecular formula is C24H27FN2O. The Balaban J connectivity index is 1.68. The normalized spacial score (nSPS) is 21.0. The second kappa shape index (κ2) is 7.51. The van der Waals surface area contributed by atoms with Gasteiger partial charge in [-0.2, -0.15) is 0 Å². The van der Waals surface area contributed by atoms with Crippen molar-refractivity contribution in [2.24, 2.45) is 5.92 Å². The third-order valence-electron chi connectivity index (χ3n) is 6.31. The molecule has 0 bridgehead atoms. The minimum absolute atomic E-state index is 0.120. The van der Waals surface area contributed by atoms with Crippen LogP contribution in [-0.4, -0.2) is 16.9 Å². The second-order valence-corrected chi connectivity index (χ2v) is 7.99. The number of Topliss-reactive ketones (excluding diaryl/α,β-unsaturated/α-hetero) is 1. The molecule has 4 rings (SSSR count). The van der Waals surface area contributed by atoms with E-state index < -0.39 is 0 Å². The van der Waals surface area contributed by atoms with Gasteiger partial charge in [0, 0.05) is 34.2 Å². The van der Waals surface area contributed by atoms with Gasteiger partial charge in [0.1, 0.15) is 5.82 Å². The van der Waals surface area contributed by atoms with Crippen LogP contribution in [0.2, 0.25) is 0 Å². The fraction of sp³-hybridized carbons (Fsp3) is 0.375. The summed E-state index contributed by atoms with van der Waals surface area (Å²) < 4.78 is 15.6. The van der Waals surface area contributed by atoms with E-state index in [2.05, 4.69) is 29.8 Å². The van der Waals surface area contributed by atoms with E-state index in [1.807, 2.05) is 30.3 Å². The monoisotopic (exact) mass is 378 g/mol. The molecule has 0 saturated carbocycles. The van der Waals surface area contributed by atoms with E-state index in [0.717, 1.165) is 47.1 Å². The highest BCUT2D eigenvalue weighted by molar-refractivity contribution is 6.08. The Kier molecular flexibility index (Phi) is 5.07. The highest BCUT2D eigenvalue weighted by Crippen LogP contribution is 2.38. The largest absolute Gasteiger partial charge is 0.341 e. The van der Waals surface area contributed by atoms with Gasteiger partial charge in [-0.15, -0.1) is 0 Å². The first-order valence-corrected chi connectivity index (χ1v) is 10.1. The highest BCUT2D eigenvalue weighted by atomic mass is 19.1. The maximum atomic E-state index is 13.3. The average Bonchev–Trinajstić information content (AvgIpc) is 3.00. The Bertz CT molecular complexity index is 1010. The SMILES string of the molecule is CC(=O)c1c(C)n(C(C)C2CCNC(c3ccc(F)cc3)C2)c2ccccc12. The van der Waals surface area contributed by atoms with Crippen LogP contribution in [0.3, 0.4) is 0 Å². The van der Waals surface area contributed by atoms with Gasteiger partial charge in [-0.1, -0.05) is 30.3 Å². The summed E-state index contributed by atoms with van der Waals surface area (Å²) in [7, 11) is 0. The molecule has 2 aromatic carbocycles. The summed E-state index contributed by atoms with van der Waals surface area (Å²) >= 11 is 0. The fourth-order valence-electron chi connectivity index (χ4n) is 4.91. The van der Waals surface area contributed by atoms with E-state index in [9.17, 15) is 9.18 Å². The molecule has 1 aliphatic heterocycles. The number of hydrogen-bond acceptors (Lipinski definition) is 2. The van der Waals surface area contributed by atoms with E-state index in [4.69, 9.17) is 0 Å². The van der Waals surface area contributed by atoms with E-state index in [1.165, 1.54) is 12.1 Å². The topological polar surface area (TPSA) is 34.0 Å². The third-order valence-corrected chi connectivity index (χ3v) is 6.31. The van der Waals surface area contributed by atoms with Crippen molar-refractivity contribution < 1.29 is 9.18 Å². The molecular weight excluding hydrogens is 351 g/mol. The van der Waals surface area contributed by atoms with Crippen molar-refractivity contribution in [3.63, 3.8) is 0 Å². The van der Waals surface area contributed by atoms with Crippen LogP contribution in [-0.2, 0) is 0 Å². The van der Waals surface area contributed by atoms with Crippen molar-refractivity contribution in [2.45, 2.75) is 45.7 Å². The van der Waals surface area contributed by atoms with Crippen molar-refractivity contribution in [3.8, 4) is 0 Å². The van der Waals surface area contributed by atoms with E-state index in [-0.39, 0.29) is 23.7 Å². The van der Waals surface area contributed by atoms with E-state index >= 15 is 0 Å². The number of hydrogen-bond donors (Lipinski definition) is 1. The fourth-order valence-corrected chi connectivity index (χ4v) is 4.91. The number of piperidine rings is 1. The summed E-state index contributed by atoms with van der Waals surface area (Å²) in [5, 5.41) is 4.63. The number of nitrogens with zero attached hydrogens (tertiary/aromatic N) is 1. The van der Waals surface area contributed by atoms with Crippen molar-refractivity contribution in [3.05, 3.63) is 71.2 Å². The minimum Gasteiger partial charge on any atom is -0.341 e. The maximum absolute atomic E-state index is 13.3. The lowest BCUT2D eigenvalue weighted by Crippen LogP contribution is -2.35. The molecule has 3 unspecified atom stereocenters. The Morgan fingerprint density at radius 2 is 1.89 bits per heavy atom. The number of benzene rings is 2. The number of carbonyl (C=O) groups excluding carboxylic acids is 1. The molecule has 4 heteroatoms. The molecule has 28 heavy (non-hydrogen) atoms. The van der Waals surface area contributed by atoms with Gasteiger partial charge in [0.15, 0.2) is 5.78 Å². The van der Waals surface area contributed by atoms with Crippen LogP contribution in [0.25, 0.3) is 10.9 Å². The van der Waals surface area contributed by atoms with Crippen molar-refractivity contribution in [2.75, 3.05) is 6.54 Å². The molecule has 0 amide bonds. The first kappa shape index (κ1) is 18.9. The van der Waals surface area contributed by atoms with Gasteiger partial charge in [0.05, 0.1) is 0 Å². The van der Waals surface area contributed by atoms with E-state index in [0.29, 0.717) is 5.92 Å². The minimum atomic E-state index is -0.198. The van der Waals surface area contributed by atoms with Crippen molar-refractivity contribution >= 4 is 16.7 Å². The van der Waals surface area contributed by atoms with Gasteiger partial charge in [-0.05, 0) is 69.8 Å². The third kappa shape index (κ3) is 3.26. The van der Waals surface area contributed by atoms with Crippen molar-refractivity contribution in [1.29, 1.82) is 0 Å². The quantitative estimate of drug-likeness (QED) is 0.600. The zero-order chi connectivity index (χ0) is 19.8. The lowest BCUT2D eigenvalue weighted by Gasteiger charge is -2.35. The predicted octanol–water partition coefficient (Wildman–Crippen LogP) is 5.59. The molecule has 0 aliphatic carbocycles. The Labute approximate surface area is 165 Å². The number of fused-ring (bicyclic) bond motifs is 1. The molecule has 1 aliphatic rings. The number of rotatable bonds is 4. The zero-order valence-corrected chi connectivity index (χ0v) is 16.7. The van der Waals surface area contributed by atoms with Crippen LogP contribution in [0.15, 0.2) is 48.5 Å². The van der Waals surface area contributed by atoms with Gasteiger partial charge in [0.25, 0.3) is 0 Å². The van der Waals surface area contributed by atoms with Gasteiger partial charge in [0.2, 0.25) is 0 Å². The molecule has 0 radical (unpaired) electrons.